The third kappa shape index (κ3) is 3.25. The number of hydrogen-bond donors (Lipinski definition) is 1. The quantitative estimate of drug-likeness (QED) is 0.739. The molecule has 0 radical (unpaired) electrons. The summed E-state index contributed by atoms with van der Waals surface area (Å²) in [5.41, 5.74) is 7.14. The number of nitrogens with two attached hydrogens (primary N) is 1. The molecule has 1 aromatic heterocycles. The lowest BCUT2D eigenvalue weighted by Gasteiger charge is -2.19. The molecule has 2 rings (SSSR count). The van der Waals surface area contributed by atoms with Crippen LogP contribution in [0.5, 0.6) is 0 Å². The molecule has 0 amide bonds. The van der Waals surface area contributed by atoms with Gasteiger partial charge < -0.3 is 5.73 Å². The fourth-order valence-corrected chi connectivity index (χ4v) is 6.06. The Hall–Kier alpha value is -0.410. The van der Waals surface area contributed by atoms with Crippen LogP contribution >= 0.6 is 43.2 Å². The molecule has 0 fully saturated rings. The summed E-state index contributed by atoms with van der Waals surface area (Å²) in [6.45, 7) is 0.328. The molecular weight excluding hydrogens is 428 g/mol. The van der Waals surface area contributed by atoms with Crippen molar-refractivity contribution in [3.05, 3.63) is 43.5 Å². The molecule has 108 valence electrons. The topological polar surface area (TPSA) is 63.4 Å². The Morgan fingerprint density at radius 1 is 1.30 bits per heavy atom. The van der Waals surface area contributed by atoms with Crippen LogP contribution in [0.15, 0.2) is 42.8 Å². The molecule has 4 nitrogen and oxygen atoms in total. The second kappa shape index (κ2) is 6.15. The molecule has 0 bridgehead atoms. The summed E-state index contributed by atoms with van der Waals surface area (Å²) < 4.78 is 27.5. The zero-order chi connectivity index (χ0) is 14.9. The maximum absolute atomic E-state index is 12.6. The van der Waals surface area contributed by atoms with Crippen LogP contribution < -0.4 is 5.73 Å². The molecule has 1 heterocycles. The van der Waals surface area contributed by atoms with Gasteiger partial charge in [0.2, 0.25) is 10.0 Å². The van der Waals surface area contributed by atoms with Crippen LogP contribution in [-0.2, 0) is 16.6 Å². The van der Waals surface area contributed by atoms with Gasteiger partial charge in [-0.05, 0) is 66.4 Å². The summed E-state index contributed by atoms with van der Waals surface area (Å²) in [4.78, 5) is 0.185. The summed E-state index contributed by atoms with van der Waals surface area (Å²) in [6, 6.07) is 5.07. The highest BCUT2D eigenvalue weighted by atomic mass is 79.9. The number of benzene rings is 1. The SMILES string of the molecule is CN(Cc1ccsc1)S(=O)(=O)c1c(Br)cc(N)cc1Br. The largest absolute Gasteiger partial charge is 0.399 e. The lowest BCUT2D eigenvalue weighted by molar-refractivity contribution is 0.466. The van der Waals surface area contributed by atoms with Gasteiger partial charge in [0.25, 0.3) is 0 Å². The molecule has 1 aromatic carbocycles. The average Bonchev–Trinajstić information content (AvgIpc) is 2.79. The predicted molar refractivity (Wildman–Crippen MR) is 89.2 cm³/mol. The predicted octanol–water partition coefficient (Wildman–Crippen LogP) is 3.68. The highest BCUT2D eigenvalue weighted by molar-refractivity contribution is 9.11. The van der Waals surface area contributed by atoms with Crippen LogP contribution in [0.2, 0.25) is 0 Å². The van der Waals surface area contributed by atoms with Crippen molar-refractivity contribution in [2.45, 2.75) is 11.4 Å². The molecule has 0 saturated carbocycles. The van der Waals surface area contributed by atoms with E-state index in [2.05, 4.69) is 31.9 Å². The molecule has 2 N–H and O–H groups in total. The molecule has 20 heavy (non-hydrogen) atoms. The molecule has 0 aliphatic heterocycles. The first-order chi connectivity index (χ1) is 9.32. The van der Waals surface area contributed by atoms with Crippen molar-refractivity contribution < 1.29 is 8.42 Å². The number of thiophene rings is 1. The first kappa shape index (κ1) is 16.0. The van der Waals surface area contributed by atoms with Crippen molar-refractivity contribution in [2.75, 3.05) is 12.8 Å². The molecule has 0 aliphatic rings. The minimum Gasteiger partial charge on any atom is -0.399 e. The molecule has 0 spiro atoms. The first-order valence-electron chi connectivity index (χ1n) is 5.54. The molecule has 0 aliphatic carbocycles. The number of halogens is 2. The third-order valence-corrected chi connectivity index (χ3v) is 7.09. The van der Waals surface area contributed by atoms with E-state index < -0.39 is 10.0 Å². The molecule has 0 unspecified atom stereocenters. The van der Waals surface area contributed by atoms with Gasteiger partial charge in [0.15, 0.2) is 0 Å². The number of nitrogen functional groups attached to an aromatic ring is 1. The zero-order valence-corrected chi connectivity index (χ0v) is 15.3. The average molecular weight is 440 g/mol. The Bertz CT molecular complexity index is 692. The van der Waals surface area contributed by atoms with Crippen LogP contribution in [0.3, 0.4) is 0 Å². The minimum absolute atomic E-state index is 0.185. The standard InChI is InChI=1S/C12H12Br2N2O2S2/c1-16(6-8-2-3-19-7-8)20(17,18)12-10(13)4-9(15)5-11(12)14/h2-5,7H,6,15H2,1H3. The lowest BCUT2D eigenvalue weighted by atomic mass is 10.3. The van der Waals surface area contributed by atoms with Gasteiger partial charge in [-0.1, -0.05) is 0 Å². The Morgan fingerprint density at radius 2 is 1.90 bits per heavy atom. The van der Waals surface area contributed by atoms with Gasteiger partial charge in [-0.2, -0.15) is 15.6 Å². The lowest BCUT2D eigenvalue weighted by Crippen LogP contribution is -2.27. The van der Waals surface area contributed by atoms with Crippen LogP contribution in [0.25, 0.3) is 0 Å². The zero-order valence-electron chi connectivity index (χ0n) is 10.5. The summed E-state index contributed by atoms with van der Waals surface area (Å²) >= 11 is 8.07. The number of sulfonamides is 1. The van der Waals surface area contributed by atoms with Crippen molar-refractivity contribution in [3.63, 3.8) is 0 Å². The smallest absolute Gasteiger partial charge is 0.245 e. The van der Waals surface area contributed by atoms with Gasteiger partial charge >= 0.3 is 0 Å². The number of rotatable bonds is 4. The minimum atomic E-state index is -3.60. The van der Waals surface area contributed by atoms with E-state index in [-0.39, 0.29) is 4.90 Å². The number of nitrogens with zero attached hydrogens (tertiary/aromatic N) is 1. The van der Waals surface area contributed by atoms with Crippen molar-refractivity contribution in [1.82, 2.24) is 4.31 Å². The van der Waals surface area contributed by atoms with Gasteiger partial charge in [-0.15, -0.1) is 0 Å². The van der Waals surface area contributed by atoms with Gasteiger partial charge in [0.1, 0.15) is 4.90 Å². The van der Waals surface area contributed by atoms with Crippen molar-refractivity contribution in [2.24, 2.45) is 0 Å². The Balaban J connectivity index is 2.40. The van der Waals surface area contributed by atoms with E-state index >= 15 is 0 Å². The van der Waals surface area contributed by atoms with Gasteiger partial charge in [-0.3, -0.25) is 0 Å². The summed E-state index contributed by atoms with van der Waals surface area (Å²) in [7, 11) is -2.05. The summed E-state index contributed by atoms with van der Waals surface area (Å²) in [5, 5.41) is 3.85. The van der Waals surface area contributed by atoms with E-state index in [0.29, 0.717) is 21.2 Å². The Labute approximate surface area is 138 Å². The second-order valence-corrected chi connectivity index (χ2v) is 8.68. The Morgan fingerprint density at radius 3 is 2.40 bits per heavy atom. The third-order valence-electron chi connectivity index (χ3n) is 2.67. The fourth-order valence-electron chi connectivity index (χ4n) is 1.71. The molecule has 2 aromatic rings. The highest BCUT2D eigenvalue weighted by Gasteiger charge is 2.26. The maximum atomic E-state index is 12.6. The normalized spacial score (nSPS) is 12.0. The van der Waals surface area contributed by atoms with Gasteiger partial charge in [0, 0.05) is 28.2 Å². The van der Waals surface area contributed by atoms with Gasteiger partial charge in [-0.25, -0.2) is 8.42 Å². The highest BCUT2D eigenvalue weighted by Crippen LogP contribution is 2.34. The van der Waals surface area contributed by atoms with E-state index in [1.807, 2.05) is 16.8 Å². The van der Waals surface area contributed by atoms with E-state index in [4.69, 9.17) is 5.73 Å². The van der Waals surface area contributed by atoms with E-state index in [1.165, 1.54) is 15.6 Å². The van der Waals surface area contributed by atoms with E-state index in [0.717, 1.165) is 5.56 Å². The fraction of sp³-hybridized carbons (Fsp3) is 0.167. The molecular formula is C12H12Br2N2O2S2. The van der Waals surface area contributed by atoms with Crippen molar-refractivity contribution in [1.29, 1.82) is 0 Å². The van der Waals surface area contributed by atoms with Crippen LogP contribution in [0.4, 0.5) is 5.69 Å². The van der Waals surface area contributed by atoms with Crippen molar-refractivity contribution in [3.8, 4) is 0 Å². The summed E-state index contributed by atoms with van der Waals surface area (Å²) in [5.74, 6) is 0. The molecule has 0 atom stereocenters. The van der Waals surface area contributed by atoms with E-state index in [9.17, 15) is 8.42 Å². The second-order valence-electron chi connectivity index (χ2n) is 4.21. The molecule has 8 heteroatoms. The van der Waals surface area contributed by atoms with Crippen LogP contribution in [-0.4, -0.2) is 19.8 Å². The number of hydrogen-bond acceptors (Lipinski definition) is 4. The monoisotopic (exact) mass is 438 g/mol. The summed E-state index contributed by atoms with van der Waals surface area (Å²) in [6.07, 6.45) is 0. The van der Waals surface area contributed by atoms with Crippen LogP contribution in [0, 0.1) is 0 Å². The van der Waals surface area contributed by atoms with Gasteiger partial charge in [0.05, 0.1) is 0 Å². The number of anilines is 1. The van der Waals surface area contributed by atoms with E-state index in [1.54, 1.807) is 19.2 Å². The van der Waals surface area contributed by atoms with Crippen LogP contribution in [0.1, 0.15) is 5.56 Å². The first-order valence-corrected chi connectivity index (χ1v) is 9.51. The van der Waals surface area contributed by atoms with Crippen molar-refractivity contribution >= 4 is 58.9 Å². The maximum Gasteiger partial charge on any atom is 0.245 e. The molecule has 0 saturated heterocycles. The Kier molecular flexibility index (Phi) is 4.91.